The van der Waals surface area contributed by atoms with Crippen LogP contribution in [0.15, 0.2) is 53.3 Å². The van der Waals surface area contributed by atoms with Crippen molar-refractivity contribution in [2.45, 2.75) is 13.0 Å². The Morgan fingerprint density at radius 1 is 1.11 bits per heavy atom. The van der Waals surface area contributed by atoms with Crippen molar-refractivity contribution in [3.05, 3.63) is 74.5 Å². The maximum atomic E-state index is 12.5. The third-order valence-corrected chi connectivity index (χ3v) is 4.65. The first-order chi connectivity index (χ1) is 12.9. The first-order valence-corrected chi connectivity index (χ1v) is 8.70. The van der Waals surface area contributed by atoms with Gasteiger partial charge in [-0.15, -0.1) is 0 Å². The number of rotatable bonds is 4. The highest BCUT2D eigenvalue weighted by atomic mass is 35.5. The van der Waals surface area contributed by atoms with E-state index < -0.39 is 23.5 Å². The molecule has 0 bridgehead atoms. The molecule has 0 radical (unpaired) electrons. The number of anilines is 1. The molecule has 2 aromatic carbocycles. The van der Waals surface area contributed by atoms with Crippen LogP contribution >= 0.6 is 23.2 Å². The topological polar surface area (TPSA) is 88.3 Å². The summed E-state index contributed by atoms with van der Waals surface area (Å²) < 4.78 is 5.22. The van der Waals surface area contributed by atoms with Crippen LogP contribution in [-0.2, 0) is 9.53 Å². The number of carbonyl (C=O) groups is 2. The van der Waals surface area contributed by atoms with Gasteiger partial charge in [0.2, 0.25) is 5.56 Å². The zero-order chi connectivity index (χ0) is 19.6. The minimum absolute atomic E-state index is 0.0785. The van der Waals surface area contributed by atoms with E-state index in [0.29, 0.717) is 16.6 Å². The quantitative estimate of drug-likeness (QED) is 0.642. The predicted octanol–water partition coefficient (Wildman–Crippen LogP) is 4.02. The molecule has 0 aliphatic heterocycles. The monoisotopic (exact) mass is 404 g/mol. The number of halogens is 2. The van der Waals surface area contributed by atoms with Crippen LogP contribution in [-0.4, -0.2) is 23.0 Å². The molecule has 0 aliphatic carbocycles. The number of aromatic amines is 1. The van der Waals surface area contributed by atoms with E-state index in [2.05, 4.69) is 10.3 Å². The second-order valence-corrected chi connectivity index (χ2v) is 6.52. The largest absolute Gasteiger partial charge is 0.449 e. The molecular weight excluding hydrogens is 391 g/mol. The van der Waals surface area contributed by atoms with Crippen molar-refractivity contribution >= 4 is 51.7 Å². The first kappa shape index (κ1) is 18.9. The lowest BCUT2D eigenvalue weighted by atomic mass is 10.1. The third-order valence-electron chi connectivity index (χ3n) is 3.83. The Kier molecular flexibility index (Phi) is 5.48. The highest BCUT2D eigenvalue weighted by Crippen LogP contribution is 2.29. The first-order valence-electron chi connectivity index (χ1n) is 7.94. The van der Waals surface area contributed by atoms with Gasteiger partial charge in [-0.3, -0.25) is 9.59 Å². The summed E-state index contributed by atoms with van der Waals surface area (Å²) in [7, 11) is 0. The number of carbonyl (C=O) groups excluding carboxylic acids is 2. The highest BCUT2D eigenvalue weighted by molar-refractivity contribution is 6.44. The number of hydrogen-bond donors (Lipinski definition) is 2. The molecule has 2 N–H and O–H groups in total. The van der Waals surface area contributed by atoms with Gasteiger partial charge in [-0.05, 0) is 25.1 Å². The molecule has 0 spiro atoms. The molecule has 1 atom stereocenters. The highest BCUT2D eigenvalue weighted by Gasteiger charge is 2.22. The molecule has 0 aliphatic rings. The van der Waals surface area contributed by atoms with Crippen molar-refractivity contribution in [3.63, 3.8) is 0 Å². The van der Waals surface area contributed by atoms with Crippen molar-refractivity contribution in [2.75, 3.05) is 5.32 Å². The fraction of sp³-hybridized carbons (Fsp3) is 0.105. The average molecular weight is 405 g/mol. The molecule has 6 nitrogen and oxygen atoms in total. The van der Waals surface area contributed by atoms with Crippen LogP contribution in [0.1, 0.15) is 17.3 Å². The van der Waals surface area contributed by atoms with Gasteiger partial charge < -0.3 is 15.0 Å². The number of pyridine rings is 1. The van der Waals surface area contributed by atoms with Crippen LogP contribution in [0, 0.1) is 0 Å². The number of nitrogens with one attached hydrogen (secondary N) is 2. The van der Waals surface area contributed by atoms with Gasteiger partial charge in [-0.1, -0.05) is 47.5 Å². The van der Waals surface area contributed by atoms with Crippen molar-refractivity contribution in [1.82, 2.24) is 4.98 Å². The summed E-state index contributed by atoms with van der Waals surface area (Å²) in [5, 5.41) is 3.55. The fourth-order valence-corrected chi connectivity index (χ4v) is 2.83. The molecule has 3 aromatic rings. The Bertz CT molecular complexity index is 1090. The Morgan fingerprint density at radius 2 is 1.85 bits per heavy atom. The summed E-state index contributed by atoms with van der Waals surface area (Å²) in [5.41, 5.74) is 0.441. The van der Waals surface area contributed by atoms with Crippen LogP contribution in [0.4, 0.5) is 5.69 Å². The van der Waals surface area contributed by atoms with Crippen LogP contribution in [0.5, 0.6) is 0 Å². The zero-order valence-electron chi connectivity index (χ0n) is 14.1. The van der Waals surface area contributed by atoms with Crippen molar-refractivity contribution in [1.29, 1.82) is 0 Å². The number of amides is 1. The summed E-state index contributed by atoms with van der Waals surface area (Å²) in [6.45, 7) is 1.42. The average Bonchev–Trinajstić information content (AvgIpc) is 2.64. The SMILES string of the molecule is CC(OC(=O)c1cc(=O)[nH]c2ccccc12)C(=O)Nc1cccc(Cl)c1Cl. The van der Waals surface area contributed by atoms with Gasteiger partial charge in [0.1, 0.15) is 0 Å². The molecule has 1 unspecified atom stereocenters. The number of aromatic nitrogens is 1. The van der Waals surface area contributed by atoms with E-state index in [1.54, 1.807) is 42.5 Å². The summed E-state index contributed by atoms with van der Waals surface area (Å²) in [5.74, 6) is -1.36. The van der Waals surface area contributed by atoms with Gasteiger partial charge in [0.25, 0.3) is 5.91 Å². The fourth-order valence-electron chi connectivity index (χ4n) is 2.49. The summed E-state index contributed by atoms with van der Waals surface area (Å²) in [6.07, 6.45) is -1.12. The molecule has 8 heteroatoms. The molecular formula is C19H14Cl2N2O4. The van der Waals surface area contributed by atoms with Crippen molar-refractivity contribution in [3.8, 4) is 0 Å². The number of para-hydroxylation sites is 1. The van der Waals surface area contributed by atoms with Gasteiger partial charge in [0.15, 0.2) is 6.10 Å². The third kappa shape index (κ3) is 4.13. The van der Waals surface area contributed by atoms with Crippen LogP contribution < -0.4 is 10.9 Å². The van der Waals surface area contributed by atoms with E-state index >= 15 is 0 Å². The maximum absolute atomic E-state index is 12.5. The van der Waals surface area contributed by atoms with Gasteiger partial charge in [-0.25, -0.2) is 4.79 Å². The van der Waals surface area contributed by atoms with Crippen LogP contribution in [0.2, 0.25) is 10.0 Å². The lowest BCUT2D eigenvalue weighted by molar-refractivity contribution is -0.123. The van der Waals surface area contributed by atoms with E-state index in [-0.39, 0.29) is 15.6 Å². The number of esters is 1. The summed E-state index contributed by atoms with van der Waals surface area (Å²) in [4.78, 5) is 39.2. The zero-order valence-corrected chi connectivity index (χ0v) is 15.6. The Morgan fingerprint density at radius 3 is 2.63 bits per heavy atom. The van der Waals surface area contributed by atoms with E-state index in [1.807, 2.05) is 0 Å². The smallest absolute Gasteiger partial charge is 0.339 e. The molecule has 0 saturated heterocycles. The van der Waals surface area contributed by atoms with Gasteiger partial charge in [0, 0.05) is 17.0 Å². The second-order valence-electron chi connectivity index (χ2n) is 5.73. The Labute approximate surface area is 164 Å². The molecule has 0 fully saturated rings. The van der Waals surface area contributed by atoms with Gasteiger partial charge in [0.05, 0.1) is 21.3 Å². The molecule has 1 heterocycles. The van der Waals surface area contributed by atoms with Crippen LogP contribution in [0.3, 0.4) is 0 Å². The number of H-pyrrole nitrogens is 1. The number of fused-ring (bicyclic) bond motifs is 1. The van der Waals surface area contributed by atoms with Gasteiger partial charge in [-0.2, -0.15) is 0 Å². The molecule has 0 saturated carbocycles. The van der Waals surface area contributed by atoms with Crippen molar-refractivity contribution in [2.24, 2.45) is 0 Å². The standard InChI is InChI=1S/C19H14Cl2N2O4/c1-10(18(25)23-15-8-4-6-13(20)17(15)21)27-19(26)12-9-16(24)22-14-7-3-2-5-11(12)14/h2-10H,1H3,(H,22,24)(H,23,25). The minimum atomic E-state index is -1.12. The number of benzene rings is 2. The maximum Gasteiger partial charge on any atom is 0.339 e. The van der Waals surface area contributed by atoms with Crippen LogP contribution in [0.25, 0.3) is 10.9 Å². The molecule has 1 amide bonds. The van der Waals surface area contributed by atoms with E-state index in [0.717, 1.165) is 6.07 Å². The summed E-state index contributed by atoms with van der Waals surface area (Å²) >= 11 is 11.9. The number of ether oxygens (including phenoxy) is 1. The van der Waals surface area contributed by atoms with Crippen molar-refractivity contribution < 1.29 is 14.3 Å². The Balaban J connectivity index is 1.79. The predicted molar refractivity (Wildman–Crippen MR) is 105 cm³/mol. The number of hydrogen-bond acceptors (Lipinski definition) is 4. The normalized spacial score (nSPS) is 11.8. The Hall–Kier alpha value is -2.83. The second kappa shape index (κ2) is 7.82. The van der Waals surface area contributed by atoms with E-state index in [9.17, 15) is 14.4 Å². The lowest BCUT2D eigenvalue weighted by Gasteiger charge is -2.15. The molecule has 1 aromatic heterocycles. The summed E-state index contributed by atoms with van der Waals surface area (Å²) in [6, 6.07) is 12.7. The molecule has 27 heavy (non-hydrogen) atoms. The van der Waals surface area contributed by atoms with Gasteiger partial charge >= 0.3 is 5.97 Å². The molecule has 3 rings (SSSR count). The van der Waals surface area contributed by atoms with E-state index in [4.69, 9.17) is 27.9 Å². The lowest BCUT2D eigenvalue weighted by Crippen LogP contribution is -2.30. The minimum Gasteiger partial charge on any atom is -0.449 e. The molecule has 138 valence electrons. The van der Waals surface area contributed by atoms with E-state index in [1.165, 1.54) is 6.92 Å².